The van der Waals surface area contributed by atoms with Crippen LogP contribution in [0.2, 0.25) is 0 Å². The van der Waals surface area contributed by atoms with E-state index >= 15 is 0 Å². The van der Waals surface area contributed by atoms with E-state index in [2.05, 4.69) is 17.3 Å². The minimum atomic E-state index is -0.549. The lowest BCUT2D eigenvalue weighted by atomic mass is 9.86. The fourth-order valence-corrected chi connectivity index (χ4v) is 4.35. The van der Waals surface area contributed by atoms with Crippen molar-refractivity contribution < 1.29 is 14.3 Å². The zero-order valence-corrected chi connectivity index (χ0v) is 18.2. The molecule has 1 saturated carbocycles. The van der Waals surface area contributed by atoms with Gasteiger partial charge in [-0.3, -0.25) is 9.48 Å². The first-order valence-electron chi connectivity index (χ1n) is 10.8. The molecule has 2 unspecified atom stereocenters. The molecule has 1 aromatic carbocycles. The number of nitrogens with one attached hydrogen (secondary N) is 1. The largest absolute Gasteiger partial charge is 0.452 e. The molecular weight excluding hydrogens is 392 g/mol. The van der Waals surface area contributed by atoms with E-state index < -0.39 is 5.97 Å². The summed E-state index contributed by atoms with van der Waals surface area (Å²) in [5, 5.41) is 8.08. The Morgan fingerprint density at radius 1 is 1.19 bits per heavy atom. The zero-order chi connectivity index (χ0) is 22.0. The van der Waals surface area contributed by atoms with Gasteiger partial charge in [-0.25, -0.2) is 9.78 Å². The van der Waals surface area contributed by atoms with Crippen molar-refractivity contribution in [3.8, 4) is 11.3 Å². The molecule has 2 atom stereocenters. The molecule has 3 aromatic rings. The summed E-state index contributed by atoms with van der Waals surface area (Å²) in [4.78, 5) is 30.1. The van der Waals surface area contributed by atoms with E-state index in [9.17, 15) is 9.59 Å². The molecule has 1 fully saturated rings. The fourth-order valence-electron chi connectivity index (χ4n) is 4.35. The van der Waals surface area contributed by atoms with Crippen LogP contribution in [0.25, 0.3) is 22.3 Å². The number of benzene rings is 1. The lowest BCUT2D eigenvalue weighted by molar-refractivity contribution is -0.125. The van der Waals surface area contributed by atoms with Crippen LogP contribution < -0.4 is 5.32 Å². The molecule has 1 amide bonds. The first kappa shape index (κ1) is 21.0. The van der Waals surface area contributed by atoms with Gasteiger partial charge in [-0.05, 0) is 31.7 Å². The van der Waals surface area contributed by atoms with E-state index in [1.54, 1.807) is 17.8 Å². The Hall–Kier alpha value is -3.22. The number of pyridine rings is 1. The maximum absolute atomic E-state index is 13.0. The van der Waals surface area contributed by atoms with Gasteiger partial charge in [-0.15, -0.1) is 0 Å². The third-order valence-corrected chi connectivity index (χ3v) is 6.05. The molecule has 1 aliphatic carbocycles. The topological polar surface area (TPSA) is 86.1 Å². The van der Waals surface area contributed by atoms with E-state index in [1.807, 2.05) is 37.3 Å². The van der Waals surface area contributed by atoms with Gasteiger partial charge < -0.3 is 10.1 Å². The van der Waals surface area contributed by atoms with E-state index in [1.165, 1.54) is 6.42 Å². The standard InChI is InChI=1S/C24H28N4O3/c1-15-9-7-8-12-19(15)25-21(29)14-31-24(30)18-13-20(17-10-5-4-6-11-17)26-23-22(18)16(2)27-28(23)3/h4-6,10-11,13,15,19H,7-9,12,14H2,1-3H3,(H,25,29). The number of rotatable bonds is 5. The predicted octanol–water partition coefficient (Wildman–Crippen LogP) is 3.80. The van der Waals surface area contributed by atoms with Crippen molar-refractivity contribution in [2.75, 3.05) is 6.61 Å². The number of hydrogen-bond donors (Lipinski definition) is 1. The Kier molecular flexibility index (Phi) is 6.02. The van der Waals surface area contributed by atoms with Crippen LogP contribution in [-0.2, 0) is 16.6 Å². The second-order valence-corrected chi connectivity index (χ2v) is 8.34. The molecule has 0 aliphatic heterocycles. The van der Waals surface area contributed by atoms with Crippen molar-refractivity contribution in [3.05, 3.63) is 47.7 Å². The molecule has 4 rings (SSSR count). The fraction of sp³-hybridized carbons (Fsp3) is 0.417. The van der Waals surface area contributed by atoms with Crippen LogP contribution in [0.1, 0.15) is 48.7 Å². The summed E-state index contributed by atoms with van der Waals surface area (Å²) < 4.78 is 7.07. The summed E-state index contributed by atoms with van der Waals surface area (Å²) >= 11 is 0. The maximum Gasteiger partial charge on any atom is 0.339 e. The first-order chi connectivity index (χ1) is 14.9. The molecule has 7 nitrogen and oxygen atoms in total. The number of aromatic nitrogens is 3. The number of fused-ring (bicyclic) bond motifs is 1. The molecular formula is C24H28N4O3. The minimum absolute atomic E-state index is 0.151. The summed E-state index contributed by atoms with van der Waals surface area (Å²) in [7, 11) is 1.80. The molecule has 0 spiro atoms. The van der Waals surface area contributed by atoms with Gasteiger partial charge in [0.05, 0.1) is 22.3 Å². The number of hydrogen-bond acceptors (Lipinski definition) is 5. The van der Waals surface area contributed by atoms with Crippen molar-refractivity contribution in [1.82, 2.24) is 20.1 Å². The van der Waals surface area contributed by atoms with Gasteiger partial charge in [0.2, 0.25) is 0 Å². The van der Waals surface area contributed by atoms with Crippen LogP contribution in [-0.4, -0.2) is 39.3 Å². The number of ether oxygens (including phenoxy) is 1. The average Bonchev–Trinajstić information content (AvgIpc) is 3.07. The lowest BCUT2D eigenvalue weighted by Crippen LogP contribution is -2.42. The maximum atomic E-state index is 13.0. The summed E-state index contributed by atoms with van der Waals surface area (Å²) in [6.45, 7) is 3.69. The van der Waals surface area contributed by atoms with Gasteiger partial charge in [0.1, 0.15) is 0 Å². The highest BCUT2D eigenvalue weighted by Gasteiger charge is 2.24. The van der Waals surface area contributed by atoms with Crippen LogP contribution in [0.15, 0.2) is 36.4 Å². The summed E-state index contributed by atoms with van der Waals surface area (Å²) in [6.07, 6.45) is 4.41. The van der Waals surface area contributed by atoms with Gasteiger partial charge in [0.25, 0.3) is 5.91 Å². The zero-order valence-electron chi connectivity index (χ0n) is 18.2. The Labute approximate surface area is 181 Å². The minimum Gasteiger partial charge on any atom is -0.452 e. The monoisotopic (exact) mass is 420 g/mol. The first-order valence-corrected chi connectivity index (χ1v) is 10.8. The lowest BCUT2D eigenvalue weighted by Gasteiger charge is -2.29. The third-order valence-electron chi connectivity index (χ3n) is 6.05. The average molecular weight is 421 g/mol. The molecule has 1 N–H and O–H groups in total. The van der Waals surface area contributed by atoms with Gasteiger partial charge in [-0.2, -0.15) is 5.10 Å². The normalized spacial score (nSPS) is 18.7. The highest BCUT2D eigenvalue weighted by atomic mass is 16.5. The highest BCUT2D eigenvalue weighted by Crippen LogP contribution is 2.27. The number of carbonyl (C=O) groups is 2. The molecule has 2 heterocycles. The van der Waals surface area contributed by atoms with Crippen LogP contribution in [0.5, 0.6) is 0 Å². The van der Waals surface area contributed by atoms with Gasteiger partial charge in [-0.1, -0.05) is 50.1 Å². The number of carbonyl (C=O) groups excluding carboxylic acids is 2. The molecule has 31 heavy (non-hydrogen) atoms. The second kappa shape index (κ2) is 8.88. The van der Waals surface area contributed by atoms with Gasteiger partial charge in [0.15, 0.2) is 12.3 Å². The molecule has 0 radical (unpaired) electrons. The van der Waals surface area contributed by atoms with E-state index in [4.69, 9.17) is 9.72 Å². The number of amides is 1. The molecule has 1 aliphatic rings. The highest BCUT2D eigenvalue weighted by molar-refractivity contribution is 6.05. The van der Waals surface area contributed by atoms with Crippen LogP contribution in [0.4, 0.5) is 0 Å². The molecule has 2 aromatic heterocycles. The molecule has 162 valence electrons. The van der Waals surface area contributed by atoms with Crippen molar-refractivity contribution >= 4 is 22.9 Å². The Balaban J connectivity index is 1.56. The van der Waals surface area contributed by atoms with E-state index in [0.29, 0.717) is 33.9 Å². The third kappa shape index (κ3) is 4.45. The number of aryl methyl sites for hydroxylation is 2. The van der Waals surface area contributed by atoms with Crippen molar-refractivity contribution in [1.29, 1.82) is 0 Å². The van der Waals surface area contributed by atoms with Crippen molar-refractivity contribution in [2.24, 2.45) is 13.0 Å². The Morgan fingerprint density at radius 3 is 2.68 bits per heavy atom. The van der Waals surface area contributed by atoms with Crippen molar-refractivity contribution in [2.45, 2.75) is 45.6 Å². The van der Waals surface area contributed by atoms with Crippen molar-refractivity contribution in [3.63, 3.8) is 0 Å². The van der Waals surface area contributed by atoms with Crippen LogP contribution in [0, 0.1) is 12.8 Å². The Bertz CT molecular complexity index is 1110. The van der Waals surface area contributed by atoms with Crippen LogP contribution >= 0.6 is 0 Å². The van der Waals surface area contributed by atoms with Gasteiger partial charge in [0, 0.05) is 18.7 Å². The van der Waals surface area contributed by atoms with E-state index in [-0.39, 0.29) is 18.6 Å². The van der Waals surface area contributed by atoms with Crippen LogP contribution in [0.3, 0.4) is 0 Å². The van der Waals surface area contributed by atoms with Gasteiger partial charge >= 0.3 is 5.97 Å². The Morgan fingerprint density at radius 2 is 1.94 bits per heavy atom. The summed E-state index contributed by atoms with van der Waals surface area (Å²) in [6, 6.07) is 11.5. The predicted molar refractivity (Wildman–Crippen MR) is 119 cm³/mol. The number of nitrogens with zero attached hydrogens (tertiary/aromatic N) is 3. The smallest absolute Gasteiger partial charge is 0.339 e. The molecule has 0 bridgehead atoms. The summed E-state index contributed by atoms with van der Waals surface area (Å²) in [5.74, 6) is -0.365. The van der Waals surface area contributed by atoms with E-state index in [0.717, 1.165) is 24.8 Å². The SMILES string of the molecule is Cc1nn(C)c2nc(-c3ccccc3)cc(C(=O)OCC(=O)NC3CCCCC3C)c12. The quantitative estimate of drug-likeness (QED) is 0.635. The summed E-state index contributed by atoms with van der Waals surface area (Å²) in [5.41, 5.74) is 3.21. The second-order valence-electron chi connectivity index (χ2n) is 8.34. The molecule has 0 saturated heterocycles. The number of esters is 1. The molecule has 7 heteroatoms.